The van der Waals surface area contributed by atoms with Crippen LogP contribution in [0.25, 0.3) is 0 Å². The number of benzene rings is 1. The minimum absolute atomic E-state index is 0.0596. The largest absolute Gasteiger partial charge is 0.465 e. The molecule has 1 aromatic rings. The van der Waals surface area contributed by atoms with Crippen LogP contribution < -0.4 is 9.47 Å². The summed E-state index contributed by atoms with van der Waals surface area (Å²) in [5.41, 5.74) is -0.0928. The Morgan fingerprint density at radius 2 is 1.52 bits per heavy atom. The molecule has 0 saturated heterocycles. The highest BCUT2D eigenvalue weighted by Crippen LogP contribution is 2.37. The molecule has 0 spiro atoms. The van der Waals surface area contributed by atoms with Crippen LogP contribution in [-0.2, 0) is 9.53 Å². The number of ether oxygens (including phenoxy) is 3. The Bertz CT molecular complexity index is 534. The molecule has 4 heteroatoms. The maximum absolute atomic E-state index is 12.7. The molecule has 2 atom stereocenters. The number of carbonyl (C=O) groups is 1. The van der Waals surface area contributed by atoms with E-state index in [1.165, 1.54) is 0 Å². The van der Waals surface area contributed by atoms with Crippen molar-refractivity contribution in [1.82, 2.24) is 0 Å². The maximum Gasteiger partial charge on any atom is 0.314 e. The second-order valence-corrected chi connectivity index (χ2v) is 8.72. The first-order chi connectivity index (χ1) is 11.4. The molecule has 2 unspecified atom stereocenters. The van der Waals surface area contributed by atoms with Gasteiger partial charge in [-0.1, -0.05) is 41.5 Å². The number of hydrogen-bond acceptors (Lipinski definition) is 4. The van der Waals surface area contributed by atoms with Gasteiger partial charge in [0.1, 0.15) is 11.5 Å². The lowest BCUT2D eigenvalue weighted by atomic mass is 9.72. The van der Waals surface area contributed by atoms with Crippen LogP contribution in [0.15, 0.2) is 24.3 Å². The zero-order valence-electron chi connectivity index (χ0n) is 17.0. The van der Waals surface area contributed by atoms with E-state index in [2.05, 4.69) is 41.5 Å². The SMILES string of the molecule is CCOC(C)Oc1ccc(OC(=O)C(CC(C)(C)C)C(C)(C)C)cc1. The Morgan fingerprint density at radius 1 is 1.00 bits per heavy atom. The normalized spacial score (nSPS) is 14.7. The number of carbonyl (C=O) groups excluding carboxylic acids is 1. The minimum atomic E-state index is -0.310. The summed E-state index contributed by atoms with van der Waals surface area (Å²) in [6, 6.07) is 7.08. The molecule has 0 radical (unpaired) electrons. The molecule has 4 nitrogen and oxygen atoms in total. The molecule has 0 aromatic heterocycles. The summed E-state index contributed by atoms with van der Waals surface area (Å²) in [5.74, 6) is 0.868. The molecule has 0 aliphatic carbocycles. The predicted octanol–water partition coefficient (Wildman–Crippen LogP) is 5.45. The molecule has 0 aliphatic heterocycles. The highest BCUT2D eigenvalue weighted by Gasteiger charge is 2.36. The van der Waals surface area contributed by atoms with Crippen LogP contribution in [0.3, 0.4) is 0 Å². The van der Waals surface area contributed by atoms with Gasteiger partial charge in [0.15, 0.2) is 6.29 Å². The molecule has 0 saturated carbocycles. The lowest BCUT2D eigenvalue weighted by Gasteiger charge is -2.33. The molecular formula is C21H34O4. The Kier molecular flexibility index (Phi) is 7.48. The first-order valence-corrected chi connectivity index (χ1v) is 9.02. The van der Waals surface area contributed by atoms with Crippen LogP contribution in [0.1, 0.15) is 61.8 Å². The van der Waals surface area contributed by atoms with Crippen LogP contribution in [0.5, 0.6) is 11.5 Å². The Balaban J connectivity index is 2.77. The third-order valence-electron chi connectivity index (χ3n) is 3.89. The van der Waals surface area contributed by atoms with Crippen LogP contribution in [0.4, 0.5) is 0 Å². The average Bonchev–Trinajstić information content (AvgIpc) is 2.45. The third kappa shape index (κ3) is 7.91. The first kappa shape index (κ1) is 21.5. The van der Waals surface area contributed by atoms with E-state index in [0.717, 1.165) is 6.42 Å². The molecular weight excluding hydrogens is 316 g/mol. The van der Waals surface area contributed by atoms with Gasteiger partial charge in [-0.05, 0) is 55.4 Å². The van der Waals surface area contributed by atoms with E-state index in [9.17, 15) is 4.79 Å². The van der Waals surface area contributed by atoms with Gasteiger partial charge in [0.2, 0.25) is 0 Å². The molecule has 1 rings (SSSR count). The van der Waals surface area contributed by atoms with E-state index in [1.54, 1.807) is 24.3 Å². The van der Waals surface area contributed by atoms with Crippen molar-refractivity contribution in [3.63, 3.8) is 0 Å². The summed E-state index contributed by atoms with van der Waals surface area (Å²) >= 11 is 0. The van der Waals surface area contributed by atoms with Gasteiger partial charge in [0.25, 0.3) is 0 Å². The van der Waals surface area contributed by atoms with Gasteiger partial charge in [-0.2, -0.15) is 0 Å². The molecule has 0 amide bonds. The Hall–Kier alpha value is -1.55. The number of esters is 1. The highest BCUT2D eigenvalue weighted by atomic mass is 16.7. The van der Waals surface area contributed by atoms with Crippen molar-refractivity contribution in [2.45, 2.75) is 68.1 Å². The highest BCUT2D eigenvalue weighted by molar-refractivity contribution is 5.76. The van der Waals surface area contributed by atoms with Crippen LogP contribution in [0.2, 0.25) is 0 Å². The van der Waals surface area contributed by atoms with Gasteiger partial charge >= 0.3 is 5.97 Å². The zero-order chi connectivity index (χ0) is 19.3. The zero-order valence-corrected chi connectivity index (χ0v) is 17.0. The van der Waals surface area contributed by atoms with E-state index in [4.69, 9.17) is 14.2 Å². The summed E-state index contributed by atoms with van der Waals surface area (Å²) in [7, 11) is 0. The summed E-state index contributed by atoms with van der Waals surface area (Å²) in [4.78, 5) is 12.7. The standard InChI is InChI=1S/C21H34O4/c1-9-23-15(2)24-16-10-12-17(13-11-16)25-19(22)18(21(6,7)8)14-20(3,4)5/h10-13,15,18H,9,14H2,1-8H3. The van der Waals surface area contributed by atoms with E-state index in [1.807, 2.05) is 13.8 Å². The van der Waals surface area contributed by atoms with Crippen LogP contribution in [-0.4, -0.2) is 18.9 Å². The lowest BCUT2D eigenvalue weighted by molar-refractivity contribution is -0.144. The molecule has 142 valence electrons. The van der Waals surface area contributed by atoms with Crippen LogP contribution >= 0.6 is 0 Å². The maximum atomic E-state index is 12.7. The van der Waals surface area contributed by atoms with Crippen molar-refractivity contribution in [2.75, 3.05) is 6.61 Å². The summed E-state index contributed by atoms with van der Waals surface area (Å²) < 4.78 is 16.6. The minimum Gasteiger partial charge on any atom is -0.465 e. The summed E-state index contributed by atoms with van der Waals surface area (Å²) in [5, 5.41) is 0. The smallest absolute Gasteiger partial charge is 0.314 e. The fourth-order valence-electron chi connectivity index (χ4n) is 2.59. The molecule has 0 N–H and O–H groups in total. The number of rotatable bonds is 7. The Morgan fingerprint density at radius 3 is 1.96 bits per heavy atom. The fraction of sp³-hybridized carbons (Fsp3) is 0.667. The third-order valence-corrected chi connectivity index (χ3v) is 3.89. The number of hydrogen-bond donors (Lipinski definition) is 0. The molecule has 0 bridgehead atoms. The molecule has 1 aromatic carbocycles. The van der Waals surface area contributed by atoms with E-state index >= 15 is 0 Å². The fourth-order valence-corrected chi connectivity index (χ4v) is 2.59. The van der Waals surface area contributed by atoms with Gasteiger partial charge < -0.3 is 14.2 Å². The van der Waals surface area contributed by atoms with Crippen molar-refractivity contribution in [1.29, 1.82) is 0 Å². The molecule has 25 heavy (non-hydrogen) atoms. The van der Waals surface area contributed by atoms with Gasteiger partial charge in [-0.3, -0.25) is 4.79 Å². The van der Waals surface area contributed by atoms with Crippen LogP contribution in [0, 0.1) is 16.7 Å². The lowest BCUT2D eigenvalue weighted by Crippen LogP contribution is -2.35. The van der Waals surface area contributed by atoms with Gasteiger partial charge in [-0.15, -0.1) is 0 Å². The topological polar surface area (TPSA) is 44.8 Å². The summed E-state index contributed by atoms with van der Waals surface area (Å²) in [6.45, 7) is 17.0. The molecule has 0 fully saturated rings. The first-order valence-electron chi connectivity index (χ1n) is 9.02. The van der Waals surface area contributed by atoms with Crippen molar-refractivity contribution >= 4 is 5.97 Å². The van der Waals surface area contributed by atoms with Crippen molar-refractivity contribution in [3.05, 3.63) is 24.3 Å². The second-order valence-electron chi connectivity index (χ2n) is 8.72. The quantitative estimate of drug-likeness (QED) is 0.372. The molecule has 0 heterocycles. The summed E-state index contributed by atoms with van der Waals surface area (Å²) in [6.07, 6.45) is 0.470. The predicted molar refractivity (Wildman–Crippen MR) is 101 cm³/mol. The van der Waals surface area contributed by atoms with Crippen molar-refractivity contribution in [2.24, 2.45) is 16.7 Å². The second kappa shape index (κ2) is 8.70. The Labute approximate surface area is 152 Å². The van der Waals surface area contributed by atoms with Gasteiger partial charge in [0, 0.05) is 6.61 Å². The van der Waals surface area contributed by atoms with E-state index in [0.29, 0.717) is 18.1 Å². The molecule has 0 aliphatic rings. The van der Waals surface area contributed by atoms with E-state index < -0.39 is 0 Å². The van der Waals surface area contributed by atoms with E-state index in [-0.39, 0.29) is 29.0 Å². The van der Waals surface area contributed by atoms with Gasteiger partial charge in [-0.25, -0.2) is 0 Å². The van der Waals surface area contributed by atoms with Crippen molar-refractivity contribution in [3.8, 4) is 11.5 Å². The van der Waals surface area contributed by atoms with Gasteiger partial charge in [0.05, 0.1) is 5.92 Å². The monoisotopic (exact) mass is 350 g/mol. The average molecular weight is 350 g/mol. The van der Waals surface area contributed by atoms with Crippen molar-refractivity contribution < 1.29 is 19.0 Å².